The first-order valence-electron chi connectivity index (χ1n) is 7.09. The van der Waals surface area contributed by atoms with Crippen LogP contribution < -0.4 is 10.6 Å². The van der Waals surface area contributed by atoms with Gasteiger partial charge in [-0.1, -0.05) is 0 Å². The monoisotopic (exact) mass is 297 g/mol. The molecule has 1 unspecified atom stereocenters. The maximum absolute atomic E-state index is 5.35. The fraction of sp³-hybridized carbons (Fsp3) is 0.286. The Morgan fingerprint density at radius 2 is 2.00 bits per heavy atom. The van der Waals surface area contributed by atoms with Crippen LogP contribution in [0.2, 0.25) is 0 Å². The van der Waals surface area contributed by atoms with Crippen LogP contribution in [0.1, 0.15) is 6.42 Å². The summed E-state index contributed by atoms with van der Waals surface area (Å²) in [4.78, 5) is 12.8. The van der Waals surface area contributed by atoms with Gasteiger partial charge in [0.25, 0.3) is 0 Å². The van der Waals surface area contributed by atoms with Crippen molar-refractivity contribution in [2.24, 2.45) is 0 Å². The number of hydrogen-bond donors (Lipinski definition) is 3. The van der Waals surface area contributed by atoms with Crippen LogP contribution >= 0.6 is 0 Å². The van der Waals surface area contributed by atoms with Gasteiger partial charge in [0.05, 0.1) is 24.4 Å². The largest absolute Gasteiger partial charge is 0.379 e. The third-order valence-electron chi connectivity index (χ3n) is 3.53. The first-order valence-corrected chi connectivity index (χ1v) is 7.09. The van der Waals surface area contributed by atoms with Crippen LogP contribution in [-0.2, 0) is 4.74 Å². The molecule has 4 heterocycles. The van der Waals surface area contributed by atoms with Gasteiger partial charge in [-0.05, 0) is 6.42 Å². The molecule has 1 atom stereocenters. The Labute approximate surface area is 126 Å². The van der Waals surface area contributed by atoms with Crippen LogP contribution in [0.4, 0.5) is 17.5 Å². The standard InChI is InChI=1S/C14H15N7O/c1-2-22-7-10(1)19-13-4-14(17-8-16-13)20-12-3-11-9(5-15-12)6-18-21-11/h3-6,8,10H,1-2,7H2,(H,18,21)(H2,15,16,17,19,20). The summed E-state index contributed by atoms with van der Waals surface area (Å²) < 4.78 is 5.35. The molecule has 1 saturated heterocycles. The molecule has 3 aromatic heterocycles. The van der Waals surface area contributed by atoms with Crippen LogP contribution in [0.3, 0.4) is 0 Å². The molecule has 4 rings (SSSR count). The minimum absolute atomic E-state index is 0.308. The number of pyridine rings is 1. The van der Waals surface area contributed by atoms with Gasteiger partial charge in [0.2, 0.25) is 0 Å². The van der Waals surface area contributed by atoms with E-state index in [9.17, 15) is 0 Å². The lowest BCUT2D eigenvalue weighted by Gasteiger charge is -2.12. The van der Waals surface area contributed by atoms with Crippen LogP contribution in [0.15, 0.2) is 30.9 Å². The van der Waals surface area contributed by atoms with E-state index in [-0.39, 0.29) is 0 Å². The van der Waals surface area contributed by atoms with Gasteiger partial charge in [-0.15, -0.1) is 0 Å². The molecule has 8 nitrogen and oxygen atoms in total. The average molecular weight is 297 g/mol. The van der Waals surface area contributed by atoms with E-state index in [0.29, 0.717) is 24.3 Å². The summed E-state index contributed by atoms with van der Waals surface area (Å²) in [7, 11) is 0. The van der Waals surface area contributed by atoms with E-state index in [1.54, 1.807) is 12.4 Å². The van der Waals surface area contributed by atoms with Crippen LogP contribution in [0, 0.1) is 0 Å². The Balaban J connectivity index is 1.51. The van der Waals surface area contributed by atoms with Gasteiger partial charge < -0.3 is 15.4 Å². The lowest BCUT2D eigenvalue weighted by atomic mass is 10.2. The highest BCUT2D eigenvalue weighted by Crippen LogP contribution is 2.19. The van der Waals surface area contributed by atoms with Crippen molar-refractivity contribution in [3.63, 3.8) is 0 Å². The molecule has 0 aromatic carbocycles. The topological polar surface area (TPSA) is 101 Å². The van der Waals surface area contributed by atoms with Crippen molar-refractivity contribution < 1.29 is 4.74 Å². The molecule has 0 amide bonds. The van der Waals surface area contributed by atoms with Crippen LogP contribution in [0.5, 0.6) is 0 Å². The molecular formula is C14H15N7O. The van der Waals surface area contributed by atoms with E-state index in [4.69, 9.17) is 4.74 Å². The number of rotatable bonds is 4. The zero-order chi connectivity index (χ0) is 14.8. The van der Waals surface area contributed by atoms with Gasteiger partial charge in [0.1, 0.15) is 23.8 Å². The lowest BCUT2D eigenvalue weighted by molar-refractivity contribution is 0.195. The van der Waals surface area contributed by atoms with E-state index in [0.717, 1.165) is 29.7 Å². The molecule has 0 saturated carbocycles. The highest BCUT2D eigenvalue weighted by molar-refractivity contribution is 5.80. The van der Waals surface area contributed by atoms with Crippen molar-refractivity contribution in [3.8, 4) is 0 Å². The van der Waals surface area contributed by atoms with Gasteiger partial charge in [-0.25, -0.2) is 15.0 Å². The van der Waals surface area contributed by atoms with Gasteiger partial charge in [0, 0.05) is 30.3 Å². The second-order valence-electron chi connectivity index (χ2n) is 5.15. The highest BCUT2D eigenvalue weighted by Gasteiger charge is 2.15. The minimum atomic E-state index is 0.308. The molecule has 0 spiro atoms. The third kappa shape index (κ3) is 2.68. The number of nitrogens with one attached hydrogen (secondary N) is 3. The summed E-state index contributed by atoms with van der Waals surface area (Å²) in [6, 6.07) is 4.06. The van der Waals surface area contributed by atoms with Gasteiger partial charge in [-0.2, -0.15) is 5.10 Å². The van der Waals surface area contributed by atoms with E-state index in [1.807, 2.05) is 12.1 Å². The van der Waals surface area contributed by atoms with Crippen LogP contribution in [-0.4, -0.2) is 44.4 Å². The second kappa shape index (κ2) is 5.57. The summed E-state index contributed by atoms with van der Waals surface area (Å²) >= 11 is 0. The van der Waals surface area contributed by atoms with Gasteiger partial charge in [0.15, 0.2) is 0 Å². The average Bonchev–Trinajstić information content (AvgIpc) is 3.18. The smallest absolute Gasteiger partial charge is 0.137 e. The van der Waals surface area contributed by atoms with Crippen LogP contribution in [0.25, 0.3) is 10.9 Å². The molecule has 3 aromatic rings. The molecule has 0 aliphatic carbocycles. The molecule has 1 aliphatic rings. The number of H-pyrrole nitrogens is 1. The number of nitrogens with zero attached hydrogens (tertiary/aromatic N) is 4. The number of anilines is 3. The predicted octanol–water partition coefficient (Wildman–Crippen LogP) is 1.69. The maximum atomic E-state index is 5.35. The summed E-state index contributed by atoms with van der Waals surface area (Å²) in [6.45, 7) is 1.51. The molecule has 1 aliphatic heterocycles. The summed E-state index contributed by atoms with van der Waals surface area (Å²) in [6.07, 6.45) is 6.01. The SMILES string of the molecule is c1nc(Nc2cc3[nH]ncc3cn2)cc(NC2CCOC2)n1. The third-order valence-corrected chi connectivity index (χ3v) is 3.53. The zero-order valence-corrected chi connectivity index (χ0v) is 11.8. The van der Waals surface area contributed by atoms with Crippen molar-refractivity contribution >= 4 is 28.4 Å². The van der Waals surface area contributed by atoms with Crippen molar-refractivity contribution in [1.82, 2.24) is 25.1 Å². The van der Waals surface area contributed by atoms with Crippen molar-refractivity contribution in [2.75, 3.05) is 23.8 Å². The molecule has 3 N–H and O–H groups in total. The predicted molar refractivity (Wildman–Crippen MR) is 82.1 cm³/mol. The molecule has 8 heteroatoms. The minimum Gasteiger partial charge on any atom is -0.379 e. The van der Waals surface area contributed by atoms with Crippen molar-refractivity contribution in [2.45, 2.75) is 12.5 Å². The summed E-state index contributed by atoms with van der Waals surface area (Å²) in [5, 5.41) is 14.4. The van der Waals surface area contributed by atoms with E-state index in [1.165, 1.54) is 6.33 Å². The lowest BCUT2D eigenvalue weighted by Crippen LogP contribution is -2.19. The molecular weight excluding hydrogens is 282 g/mol. The molecule has 112 valence electrons. The van der Waals surface area contributed by atoms with E-state index < -0.39 is 0 Å². The van der Waals surface area contributed by atoms with Crippen molar-refractivity contribution in [3.05, 3.63) is 30.9 Å². The van der Waals surface area contributed by atoms with E-state index >= 15 is 0 Å². The Morgan fingerprint density at radius 1 is 1.09 bits per heavy atom. The number of aromatic amines is 1. The van der Waals surface area contributed by atoms with Gasteiger partial charge in [-0.3, -0.25) is 5.10 Å². The van der Waals surface area contributed by atoms with Crippen molar-refractivity contribution in [1.29, 1.82) is 0 Å². The Bertz CT molecular complexity index is 781. The normalized spacial score (nSPS) is 17.7. The second-order valence-corrected chi connectivity index (χ2v) is 5.15. The number of fused-ring (bicyclic) bond motifs is 1. The molecule has 0 bridgehead atoms. The molecule has 0 radical (unpaired) electrons. The first kappa shape index (κ1) is 13.0. The fourth-order valence-electron chi connectivity index (χ4n) is 2.40. The Kier molecular flexibility index (Phi) is 3.28. The summed E-state index contributed by atoms with van der Waals surface area (Å²) in [5.74, 6) is 2.16. The molecule has 1 fully saturated rings. The zero-order valence-electron chi connectivity index (χ0n) is 11.8. The fourth-order valence-corrected chi connectivity index (χ4v) is 2.40. The van der Waals surface area contributed by atoms with Gasteiger partial charge >= 0.3 is 0 Å². The number of hydrogen-bond acceptors (Lipinski definition) is 7. The number of ether oxygens (including phenoxy) is 1. The highest BCUT2D eigenvalue weighted by atomic mass is 16.5. The Hall–Kier alpha value is -2.74. The first-order chi connectivity index (χ1) is 10.9. The summed E-state index contributed by atoms with van der Waals surface area (Å²) in [5.41, 5.74) is 0.924. The quantitative estimate of drug-likeness (QED) is 0.673. The molecule has 22 heavy (non-hydrogen) atoms. The Morgan fingerprint density at radius 3 is 2.91 bits per heavy atom. The van der Waals surface area contributed by atoms with E-state index in [2.05, 4.69) is 35.8 Å². The number of aromatic nitrogens is 5. The maximum Gasteiger partial charge on any atom is 0.137 e.